The van der Waals surface area contributed by atoms with E-state index in [1.54, 1.807) is 0 Å². The summed E-state index contributed by atoms with van der Waals surface area (Å²) in [6.45, 7) is 71.9. The molecule has 3 unspecified atom stereocenters. The molecular formula is C69H160N8. The molecule has 2 saturated carbocycles. The zero-order valence-corrected chi connectivity index (χ0v) is 59.3. The van der Waals surface area contributed by atoms with Gasteiger partial charge in [-0.15, -0.1) is 0 Å². The van der Waals surface area contributed by atoms with Crippen molar-refractivity contribution in [2.75, 3.05) is 65.7 Å². The molecule has 7 rings (SSSR count). The van der Waals surface area contributed by atoms with Crippen molar-refractivity contribution >= 4 is 0 Å². The molecule has 0 aromatic carbocycles. The van der Waals surface area contributed by atoms with Crippen LogP contribution in [0.5, 0.6) is 0 Å². The molecule has 0 bridgehead atoms. The summed E-state index contributed by atoms with van der Waals surface area (Å²) in [5.74, 6) is 8.12. The maximum Gasteiger partial charge on any atom is 0.0595 e. The third-order valence-electron chi connectivity index (χ3n) is 15.1. The van der Waals surface area contributed by atoms with Gasteiger partial charge in [-0.1, -0.05) is 251 Å². The quantitative estimate of drug-likeness (QED) is 0.136. The Hall–Kier alpha value is -0.320. The standard InChI is InChI=1S/2C9H18.2C8H17N.3C7H16N2.7C2H6/c2*1-8(2)9-6-4-3-5-7-9;1-7(2)8-4-3-5-9-6-8;1-7(2)8-5-3-4-6-9-8;1-6(2)7-3-4-8-5-9-7;1-7(2)9-5-3-4-8-6-9;1-6(2)7-8-4-3-5-9-7;7*1-2/h2*8-9H,3-7H2,1-2H3;2*7-9H,3-6H2,1-2H3;6-9H,3-5H2,1-2H3;7-8H,3-6H2,1-2H3;6-9H,3-5H2,1-2H3;7*1-2H3. The van der Waals surface area contributed by atoms with Crippen LogP contribution in [0.1, 0.15) is 309 Å². The van der Waals surface area contributed by atoms with Crippen LogP contribution in [0.15, 0.2) is 0 Å². The molecule has 476 valence electrons. The summed E-state index contributed by atoms with van der Waals surface area (Å²) in [7, 11) is 0. The number of nitrogens with zero attached hydrogens (tertiary/aromatic N) is 1. The first-order valence-corrected chi connectivity index (χ1v) is 34.9. The summed E-state index contributed by atoms with van der Waals surface area (Å²) >= 11 is 0. The van der Waals surface area contributed by atoms with Gasteiger partial charge in [0.1, 0.15) is 0 Å². The van der Waals surface area contributed by atoms with E-state index in [-0.39, 0.29) is 0 Å². The third-order valence-corrected chi connectivity index (χ3v) is 15.1. The third kappa shape index (κ3) is 58.7. The second kappa shape index (κ2) is 71.8. The van der Waals surface area contributed by atoms with Crippen molar-refractivity contribution in [3.8, 4) is 0 Å². The molecule has 2 aliphatic carbocycles. The van der Waals surface area contributed by atoms with Crippen LogP contribution in [0.3, 0.4) is 0 Å². The van der Waals surface area contributed by atoms with Crippen LogP contribution < -0.4 is 37.2 Å². The Morgan fingerprint density at radius 2 is 0.701 bits per heavy atom. The Kier molecular flexibility index (Phi) is 84.3. The molecule has 7 fully saturated rings. The first-order chi connectivity index (χ1) is 37.1. The lowest BCUT2D eigenvalue weighted by Crippen LogP contribution is -2.51. The van der Waals surface area contributed by atoms with E-state index in [9.17, 15) is 0 Å². The van der Waals surface area contributed by atoms with Gasteiger partial charge in [-0.2, -0.15) is 0 Å². The van der Waals surface area contributed by atoms with E-state index < -0.39 is 0 Å². The topological polar surface area (TPSA) is 87.4 Å². The van der Waals surface area contributed by atoms with E-state index in [1.165, 1.54) is 168 Å². The van der Waals surface area contributed by atoms with Gasteiger partial charge < -0.3 is 37.2 Å². The van der Waals surface area contributed by atoms with Crippen LogP contribution in [-0.4, -0.2) is 94.9 Å². The van der Waals surface area contributed by atoms with Crippen molar-refractivity contribution in [3.63, 3.8) is 0 Å². The largest absolute Gasteiger partial charge is 0.316 e. The second-order valence-electron chi connectivity index (χ2n) is 22.9. The van der Waals surface area contributed by atoms with E-state index in [2.05, 4.69) is 139 Å². The molecule has 0 amide bonds. The predicted octanol–water partition coefficient (Wildman–Crippen LogP) is 18.8. The Morgan fingerprint density at radius 1 is 0.299 bits per heavy atom. The molecule has 5 saturated heterocycles. The highest BCUT2D eigenvalue weighted by Crippen LogP contribution is 2.30. The zero-order chi connectivity index (χ0) is 60.8. The van der Waals surface area contributed by atoms with Gasteiger partial charge in [0.2, 0.25) is 0 Å². The minimum atomic E-state index is 0.554. The number of piperidine rings is 2. The van der Waals surface area contributed by atoms with Crippen molar-refractivity contribution in [2.45, 2.75) is 334 Å². The number of rotatable bonds is 7. The van der Waals surface area contributed by atoms with Crippen molar-refractivity contribution < 1.29 is 0 Å². The number of nitrogens with one attached hydrogen (secondary N) is 7. The van der Waals surface area contributed by atoms with Crippen LogP contribution in [-0.2, 0) is 0 Å². The fourth-order valence-corrected chi connectivity index (χ4v) is 10.0. The Morgan fingerprint density at radius 3 is 0.935 bits per heavy atom. The fourth-order valence-electron chi connectivity index (χ4n) is 10.0. The minimum absolute atomic E-state index is 0.554. The smallest absolute Gasteiger partial charge is 0.0595 e. The monoisotopic (exact) mass is 1100 g/mol. The van der Waals surface area contributed by atoms with Gasteiger partial charge in [0, 0.05) is 38.0 Å². The summed E-state index contributed by atoms with van der Waals surface area (Å²) in [6, 6.07) is 2.25. The number of hydrogen-bond acceptors (Lipinski definition) is 8. The zero-order valence-electron chi connectivity index (χ0n) is 59.3. The SMILES string of the molecule is CC.CC.CC.CC.CC.CC.CC.CC(C)C1CCCCC1.CC(C)C1CCCCC1.CC(C)C1CCCCN1.CC(C)C1CCCNC1.CC(C)C1CCNCN1.CC(C)C1NCCCN1.CC(C)N1CCCNC1. The molecule has 5 heterocycles. The van der Waals surface area contributed by atoms with Gasteiger partial charge in [-0.3, -0.25) is 4.90 Å². The fraction of sp³-hybridized carbons (Fsp3) is 1.00. The van der Waals surface area contributed by atoms with Gasteiger partial charge in [-0.05, 0) is 158 Å². The maximum atomic E-state index is 3.52. The highest BCUT2D eigenvalue weighted by Gasteiger charge is 2.19. The van der Waals surface area contributed by atoms with Crippen LogP contribution in [0.2, 0.25) is 0 Å². The molecule has 77 heavy (non-hydrogen) atoms. The Bertz CT molecular complexity index is 730. The summed E-state index contributed by atoms with van der Waals surface area (Å²) in [5, 5.41) is 23.8. The molecule has 7 aliphatic rings. The highest BCUT2D eigenvalue weighted by atomic mass is 15.3. The van der Waals surface area contributed by atoms with Gasteiger partial charge in [-0.25, -0.2) is 0 Å². The molecule has 3 atom stereocenters. The van der Waals surface area contributed by atoms with Gasteiger partial charge in [0.25, 0.3) is 0 Å². The van der Waals surface area contributed by atoms with E-state index in [1.807, 2.05) is 96.9 Å². The van der Waals surface area contributed by atoms with Gasteiger partial charge >= 0.3 is 0 Å². The Balaban J connectivity index is -0.000000143. The number of hydrogen-bond donors (Lipinski definition) is 7. The van der Waals surface area contributed by atoms with Crippen LogP contribution in [0, 0.1) is 53.3 Å². The van der Waals surface area contributed by atoms with E-state index in [0.717, 1.165) is 72.8 Å². The maximum absolute atomic E-state index is 3.52. The summed E-state index contributed by atoms with van der Waals surface area (Å²) in [4.78, 5) is 2.45. The van der Waals surface area contributed by atoms with E-state index >= 15 is 0 Å². The molecule has 0 radical (unpaired) electrons. The first-order valence-electron chi connectivity index (χ1n) is 34.9. The molecule has 0 aromatic rings. The van der Waals surface area contributed by atoms with Gasteiger partial charge in [0.15, 0.2) is 0 Å². The summed E-state index contributed by atoms with van der Waals surface area (Å²) in [5.41, 5.74) is 0. The van der Waals surface area contributed by atoms with Gasteiger partial charge in [0.05, 0.1) is 6.17 Å². The van der Waals surface area contributed by atoms with E-state index in [0.29, 0.717) is 18.1 Å². The molecule has 8 nitrogen and oxygen atoms in total. The molecule has 8 heteroatoms. The first kappa shape index (κ1) is 90.5. The van der Waals surface area contributed by atoms with Crippen molar-refractivity contribution in [3.05, 3.63) is 0 Å². The average Bonchev–Trinajstić information content (AvgIpc) is 3.51. The highest BCUT2D eigenvalue weighted by molar-refractivity contribution is 4.76. The van der Waals surface area contributed by atoms with Crippen LogP contribution in [0.25, 0.3) is 0 Å². The lowest BCUT2D eigenvalue weighted by molar-refractivity contribution is 0.173. The normalized spacial score (nSPS) is 21.5. The molecule has 0 spiro atoms. The van der Waals surface area contributed by atoms with E-state index in [4.69, 9.17) is 0 Å². The molecule has 5 aliphatic heterocycles. The van der Waals surface area contributed by atoms with Crippen LogP contribution in [0.4, 0.5) is 0 Å². The van der Waals surface area contributed by atoms with Crippen molar-refractivity contribution in [2.24, 2.45) is 53.3 Å². The lowest BCUT2D eigenvalue weighted by atomic mass is 9.82. The lowest BCUT2D eigenvalue weighted by Gasteiger charge is -2.30. The molecule has 7 N–H and O–H groups in total. The average molecular weight is 1100 g/mol. The molecular weight excluding hydrogens is 941 g/mol. The molecule has 0 aromatic heterocycles. The van der Waals surface area contributed by atoms with Crippen LogP contribution >= 0.6 is 0 Å². The van der Waals surface area contributed by atoms with Crippen molar-refractivity contribution in [1.82, 2.24) is 42.1 Å². The summed E-state index contributed by atoms with van der Waals surface area (Å²) in [6.07, 6.45) is 26.3. The summed E-state index contributed by atoms with van der Waals surface area (Å²) < 4.78 is 0. The Labute approximate surface area is 492 Å². The minimum Gasteiger partial charge on any atom is -0.316 e. The predicted molar refractivity (Wildman–Crippen MR) is 361 cm³/mol. The van der Waals surface area contributed by atoms with Crippen molar-refractivity contribution in [1.29, 1.82) is 0 Å². The second-order valence-corrected chi connectivity index (χ2v) is 22.9.